The van der Waals surface area contributed by atoms with E-state index in [1.807, 2.05) is 6.07 Å². The Morgan fingerprint density at radius 1 is 1.20 bits per heavy atom. The van der Waals surface area contributed by atoms with E-state index in [1.165, 1.54) is 6.42 Å². The number of nitrogens with zero attached hydrogens (tertiary/aromatic N) is 1. The Morgan fingerprint density at radius 3 is 2.80 bits per heavy atom. The van der Waals surface area contributed by atoms with E-state index >= 15 is 0 Å². The molecular weight excluding hydrogens is 252 g/mol. The summed E-state index contributed by atoms with van der Waals surface area (Å²) in [6.07, 6.45) is 7.08. The number of aromatic nitrogens is 1. The number of phenolic OH excluding ortho intramolecular Hbond substituents is 1. The zero-order valence-electron chi connectivity index (χ0n) is 11.3. The van der Waals surface area contributed by atoms with Gasteiger partial charge in [-0.25, -0.2) is 0 Å². The van der Waals surface area contributed by atoms with Crippen LogP contribution in [0.1, 0.15) is 32.1 Å². The van der Waals surface area contributed by atoms with Crippen LogP contribution in [0.25, 0.3) is 10.9 Å². The van der Waals surface area contributed by atoms with Crippen molar-refractivity contribution in [1.82, 2.24) is 4.98 Å². The van der Waals surface area contributed by atoms with E-state index in [1.54, 1.807) is 24.4 Å². The maximum Gasteiger partial charge on any atom is 0.227 e. The molecule has 1 aromatic heterocycles. The first-order valence-corrected chi connectivity index (χ1v) is 7.13. The average molecular weight is 270 g/mol. The second kappa shape index (κ2) is 5.49. The Labute approximate surface area is 117 Å². The van der Waals surface area contributed by atoms with Gasteiger partial charge in [0.25, 0.3) is 0 Å². The van der Waals surface area contributed by atoms with Crippen LogP contribution in [0.15, 0.2) is 30.5 Å². The van der Waals surface area contributed by atoms with Crippen molar-refractivity contribution in [3.8, 4) is 5.75 Å². The first-order valence-electron chi connectivity index (χ1n) is 7.13. The molecule has 3 rings (SSSR count). The highest BCUT2D eigenvalue weighted by molar-refractivity contribution is 6.03. The molecule has 0 radical (unpaired) electrons. The summed E-state index contributed by atoms with van der Waals surface area (Å²) in [4.78, 5) is 16.5. The summed E-state index contributed by atoms with van der Waals surface area (Å²) in [6.45, 7) is 0. The molecule has 1 aliphatic carbocycles. The Hall–Kier alpha value is -2.10. The molecule has 0 unspecified atom stereocenters. The second-order valence-electron chi connectivity index (χ2n) is 5.36. The summed E-state index contributed by atoms with van der Waals surface area (Å²) >= 11 is 0. The van der Waals surface area contributed by atoms with Crippen molar-refractivity contribution in [2.45, 2.75) is 32.1 Å². The molecule has 104 valence electrons. The van der Waals surface area contributed by atoms with Crippen molar-refractivity contribution in [2.24, 2.45) is 5.92 Å². The van der Waals surface area contributed by atoms with Crippen LogP contribution in [0.2, 0.25) is 0 Å². The number of carbonyl (C=O) groups is 1. The van der Waals surface area contributed by atoms with Crippen LogP contribution in [-0.4, -0.2) is 16.0 Å². The molecule has 0 atom stereocenters. The highest BCUT2D eigenvalue weighted by atomic mass is 16.3. The summed E-state index contributed by atoms with van der Waals surface area (Å²) < 4.78 is 0. The van der Waals surface area contributed by atoms with Crippen molar-refractivity contribution in [1.29, 1.82) is 0 Å². The van der Waals surface area contributed by atoms with Gasteiger partial charge in [-0.2, -0.15) is 0 Å². The number of carbonyl (C=O) groups excluding carboxylic acids is 1. The monoisotopic (exact) mass is 270 g/mol. The van der Waals surface area contributed by atoms with Gasteiger partial charge in [0.1, 0.15) is 11.3 Å². The van der Waals surface area contributed by atoms with E-state index < -0.39 is 0 Å². The van der Waals surface area contributed by atoms with Gasteiger partial charge in [-0.15, -0.1) is 0 Å². The average Bonchev–Trinajstić information content (AvgIpc) is 2.51. The molecule has 1 saturated carbocycles. The number of fused-ring (bicyclic) bond motifs is 1. The van der Waals surface area contributed by atoms with E-state index in [9.17, 15) is 9.90 Å². The molecule has 0 aliphatic heterocycles. The highest BCUT2D eigenvalue weighted by Gasteiger charge is 2.21. The van der Waals surface area contributed by atoms with Gasteiger partial charge in [-0.3, -0.25) is 9.78 Å². The number of amides is 1. The zero-order chi connectivity index (χ0) is 13.9. The molecule has 1 fully saturated rings. The maximum absolute atomic E-state index is 12.3. The molecule has 1 heterocycles. The molecule has 2 aromatic rings. The molecule has 1 aliphatic rings. The smallest absolute Gasteiger partial charge is 0.227 e. The van der Waals surface area contributed by atoms with Crippen molar-refractivity contribution in [2.75, 3.05) is 5.32 Å². The number of aromatic hydroxyl groups is 1. The van der Waals surface area contributed by atoms with E-state index in [-0.39, 0.29) is 17.6 Å². The van der Waals surface area contributed by atoms with Gasteiger partial charge in [0, 0.05) is 17.5 Å². The SMILES string of the molecule is O=C(Nc1ccc(O)c2ncccc12)C1CCCCC1. The minimum Gasteiger partial charge on any atom is -0.506 e. The van der Waals surface area contributed by atoms with E-state index in [0.717, 1.165) is 36.8 Å². The molecule has 2 N–H and O–H groups in total. The molecular formula is C16H18N2O2. The van der Waals surface area contributed by atoms with Crippen LogP contribution in [0.5, 0.6) is 5.75 Å². The van der Waals surface area contributed by atoms with Gasteiger partial charge in [0.05, 0.1) is 5.69 Å². The highest BCUT2D eigenvalue weighted by Crippen LogP contribution is 2.30. The van der Waals surface area contributed by atoms with Gasteiger partial charge >= 0.3 is 0 Å². The first kappa shape index (κ1) is 12.9. The summed E-state index contributed by atoms with van der Waals surface area (Å²) in [6, 6.07) is 6.97. The van der Waals surface area contributed by atoms with Gasteiger partial charge < -0.3 is 10.4 Å². The number of hydrogen-bond donors (Lipinski definition) is 2. The quantitative estimate of drug-likeness (QED) is 0.821. The number of nitrogens with one attached hydrogen (secondary N) is 1. The molecule has 0 spiro atoms. The van der Waals surface area contributed by atoms with Crippen molar-refractivity contribution in [3.05, 3.63) is 30.5 Å². The van der Waals surface area contributed by atoms with Crippen molar-refractivity contribution >= 4 is 22.5 Å². The molecule has 0 saturated heterocycles. The third kappa shape index (κ3) is 2.46. The second-order valence-corrected chi connectivity index (χ2v) is 5.36. The lowest BCUT2D eigenvalue weighted by atomic mass is 9.88. The third-order valence-corrected chi connectivity index (χ3v) is 3.98. The molecule has 4 nitrogen and oxygen atoms in total. The Bertz CT molecular complexity index is 633. The van der Waals surface area contributed by atoms with Gasteiger partial charge in [0.15, 0.2) is 0 Å². The number of pyridine rings is 1. The molecule has 20 heavy (non-hydrogen) atoms. The fourth-order valence-electron chi connectivity index (χ4n) is 2.87. The summed E-state index contributed by atoms with van der Waals surface area (Å²) in [5, 5.41) is 13.6. The topological polar surface area (TPSA) is 62.2 Å². The number of benzene rings is 1. The normalized spacial score (nSPS) is 16.2. The molecule has 4 heteroatoms. The standard InChI is InChI=1S/C16H18N2O2/c19-14-9-8-13(12-7-4-10-17-15(12)14)18-16(20)11-5-2-1-3-6-11/h4,7-11,19H,1-3,5-6H2,(H,18,20). The van der Waals surface area contributed by atoms with Gasteiger partial charge in [-0.05, 0) is 37.1 Å². The summed E-state index contributed by atoms with van der Waals surface area (Å²) in [5.74, 6) is 0.334. The van der Waals surface area contributed by atoms with Crippen LogP contribution < -0.4 is 5.32 Å². The van der Waals surface area contributed by atoms with Gasteiger partial charge in [-0.1, -0.05) is 19.3 Å². The van der Waals surface area contributed by atoms with E-state index in [2.05, 4.69) is 10.3 Å². The maximum atomic E-state index is 12.3. The van der Waals surface area contributed by atoms with Crippen LogP contribution in [0, 0.1) is 5.92 Å². The number of hydrogen-bond acceptors (Lipinski definition) is 3. The largest absolute Gasteiger partial charge is 0.506 e. The van der Waals surface area contributed by atoms with Crippen LogP contribution in [-0.2, 0) is 4.79 Å². The Balaban J connectivity index is 1.87. The zero-order valence-corrected chi connectivity index (χ0v) is 11.3. The molecule has 1 aromatic carbocycles. The predicted octanol–water partition coefficient (Wildman–Crippen LogP) is 3.46. The minimum absolute atomic E-state index is 0.0838. The summed E-state index contributed by atoms with van der Waals surface area (Å²) in [7, 11) is 0. The first-order chi connectivity index (χ1) is 9.75. The third-order valence-electron chi connectivity index (χ3n) is 3.98. The lowest BCUT2D eigenvalue weighted by molar-refractivity contribution is -0.120. The van der Waals surface area contributed by atoms with E-state index in [4.69, 9.17) is 0 Å². The molecule has 1 amide bonds. The summed E-state index contributed by atoms with van der Waals surface area (Å²) in [5.41, 5.74) is 1.25. The van der Waals surface area contributed by atoms with Crippen molar-refractivity contribution in [3.63, 3.8) is 0 Å². The number of anilines is 1. The van der Waals surface area contributed by atoms with Gasteiger partial charge in [0.2, 0.25) is 5.91 Å². The van der Waals surface area contributed by atoms with Crippen LogP contribution in [0.3, 0.4) is 0 Å². The lowest BCUT2D eigenvalue weighted by Crippen LogP contribution is -2.24. The van der Waals surface area contributed by atoms with Crippen LogP contribution >= 0.6 is 0 Å². The number of rotatable bonds is 2. The fraction of sp³-hybridized carbons (Fsp3) is 0.375. The minimum atomic E-state index is 0.0838. The van der Waals surface area contributed by atoms with E-state index in [0.29, 0.717) is 5.52 Å². The molecule has 0 bridgehead atoms. The Morgan fingerprint density at radius 2 is 2.00 bits per heavy atom. The number of phenols is 1. The lowest BCUT2D eigenvalue weighted by Gasteiger charge is -2.21. The predicted molar refractivity (Wildman–Crippen MR) is 78.6 cm³/mol. The Kier molecular flexibility index (Phi) is 3.54. The fourth-order valence-corrected chi connectivity index (χ4v) is 2.87. The van der Waals surface area contributed by atoms with Crippen LogP contribution in [0.4, 0.5) is 5.69 Å². The van der Waals surface area contributed by atoms with Crippen molar-refractivity contribution < 1.29 is 9.90 Å².